The van der Waals surface area contributed by atoms with Crippen molar-refractivity contribution < 1.29 is 36.1 Å². The van der Waals surface area contributed by atoms with E-state index in [-0.39, 0.29) is 23.6 Å². The summed E-state index contributed by atoms with van der Waals surface area (Å²) in [5.41, 5.74) is -1.65. The Bertz CT molecular complexity index is 1450. The maximum atomic E-state index is 13.3. The quantitative estimate of drug-likeness (QED) is 0.238. The number of piperazine rings is 1. The fraction of sp³-hybridized carbons (Fsp3) is 0.533. The van der Waals surface area contributed by atoms with Gasteiger partial charge in [-0.3, -0.25) is 19.8 Å². The van der Waals surface area contributed by atoms with Crippen molar-refractivity contribution in [2.75, 3.05) is 51.1 Å². The molecule has 3 aliphatic rings. The molecule has 2 aromatic rings. The number of nitrogens with zero attached hydrogens (tertiary/aromatic N) is 5. The summed E-state index contributed by atoms with van der Waals surface area (Å²) in [6.45, 7) is 6.18. The molecule has 1 N–H and O–H groups in total. The first-order valence-corrected chi connectivity index (χ1v) is 14.8. The molecule has 3 aliphatic heterocycles. The summed E-state index contributed by atoms with van der Waals surface area (Å²) < 4.78 is 79.1. The van der Waals surface area contributed by atoms with Gasteiger partial charge in [0.15, 0.2) is 0 Å². The Labute approximate surface area is 256 Å². The Morgan fingerprint density at radius 2 is 1.67 bits per heavy atom. The highest BCUT2D eigenvalue weighted by atomic mass is 19.4. The SMILES string of the molecule is CC(CN1CCN(C2=Nc3ccc(C(F)(F)F)cc3CC2)CC1)C(=O)N1CCC(Nc2ccc([N+](=O)[O-])c(C(F)(F)F)c2)CC1. The molecule has 9 nitrogen and oxygen atoms in total. The molecule has 15 heteroatoms. The third-order valence-corrected chi connectivity index (χ3v) is 8.64. The number of nitrogens with one attached hydrogen (secondary N) is 1. The fourth-order valence-electron chi connectivity index (χ4n) is 6.20. The molecule has 3 heterocycles. The van der Waals surface area contributed by atoms with Gasteiger partial charge < -0.3 is 15.1 Å². The normalized spacial score (nSPS) is 19.1. The van der Waals surface area contributed by atoms with Crippen molar-refractivity contribution in [2.45, 2.75) is 51.0 Å². The van der Waals surface area contributed by atoms with Crippen molar-refractivity contribution in [2.24, 2.45) is 10.9 Å². The van der Waals surface area contributed by atoms with E-state index >= 15 is 0 Å². The molecular weight excluding hydrogens is 606 g/mol. The van der Waals surface area contributed by atoms with E-state index in [0.717, 1.165) is 37.1 Å². The molecule has 45 heavy (non-hydrogen) atoms. The number of piperidine rings is 1. The number of likely N-dealkylation sites (tertiary alicyclic amines) is 1. The highest BCUT2D eigenvalue weighted by Gasteiger charge is 2.39. The Balaban J connectivity index is 1.08. The predicted molar refractivity (Wildman–Crippen MR) is 155 cm³/mol. The number of hydrogen-bond acceptors (Lipinski definition) is 7. The topological polar surface area (TPSA) is 94.3 Å². The minimum absolute atomic E-state index is 0.0112. The number of carbonyl (C=O) groups excluding carboxylic acids is 1. The molecule has 0 bridgehead atoms. The molecule has 244 valence electrons. The number of anilines is 1. The number of carbonyl (C=O) groups is 1. The van der Waals surface area contributed by atoms with Gasteiger partial charge in [-0.15, -0.1) is 0 Å². The number of hydrogen-bond donors (Lipinski definition) is 1. The molecule has 0 spiro atoms. The van der Waals surface area contributed by atoms with E-state index < -0.39 is 34.1 Å². The van der Waals surface area contributed by atoms with Crippen molar-refractivity contribution >= 4 is 28.8 Å². The maximum absolute atomic E-state index is 13.3. The first kappa shape index (κ1) is 32.5. The predicted octanol–water partition coefficient (Wildman–Crippen LogP) is 5.97. The zero-order valence-corrected chi connectivity index (χ0v) is 24.6. The van der Waals surface area contributed by atoms with Crippen LogP contribution in [0.2, 0.25) is 0 Å². The molecular formula is C30H34F6N6O3. The molecule has 1 atom stereocenters. The largest absolute Gasteiger partial charge is 0.423 e. The van der Waals surface area contributed by atoms with Gasteiger partial charge in [0.2, 0.25) is 5.91 Å². The lowest BCUT2D eigenvalue weighted by molar-refractivity contribution is -0.388. The summed E-state index contributed by atoms with van der Waals surface area (Å²) in [4.78, 5) is 33.9. The Morgan fingerprint density at radius 3 is 2.29 bits per heavy atom. The minimum Gasteiger partial charge on any atom is -0.382 e. The van der Waals surface area contributed by atoms with E-state index in [9.17, 15) is 41.3 Å². The summed E-state index contributed by atoms with van der Waals surface area (Å²) in [6, 6.07) is 6.36. The van der Waals surface area contributed by atoms with Gasteiger partial charge in [0.25, 0.3) is 5.69 Å². The number of amidine groups is 1. The number of aliphatic imine (C=N–C) groups is 1. The van der Waals surface area contributed by atoms with Crippen LogP contribution in [0.1, 0.15) is 42.9 Å². The third kappa shape index (κ3) is 7.68. The highest BCUT2D eigenvalue weighted by molar-refractivity contribution is 5.87. The van der Waals surface area contributed by atoms with Crippen LogP contribution < -0.4 is 5.32 Å². The second kappa shape index (κ2) is 12.9. The van der Waals surface area contributed by atoms with E-state index in [1.165, 1.54) is 18.2 Å². The van der Waals surface area contributed by atoms with Crippen LogP contribution in [-0.4, -0.2) is 83.2 Å². The van der Waals surface area contributed by atoms with E-state index in [4.69, 9.17) is 0 Å². The summed E-state index contributed by atoms with van der Waals surface area (Å²) in [6.07, 6.45) is -7.12. The standard InChI is InChI=1S/C30H34F6N6O3/c1-19(18-39-12-14-40(15-13-39)27-7-2-20-16-21(29(31,32)33)3-5-25(20)38-27)28(43)41-10-8-22(9-11-41)37-23-4-6-26(42(44)45)24(17-23)30(34,35)36/h3-6,16-17,19,22,37H,2,7-15,18H2,1H3. The molecule has 0 aliphatic carbocycles. The molecule has 0 saturated carbocycles. The summed E-state index contributed by atoms with van der Waals surface area (Å²) in [7, 11) is 0. The van der Waals surface area contributed by atoms with E-state index in [1.807, 2.05) is 6.92 Å². The monoisotopic (exact) mass is 640 g/mol. The van der Waals surface area contributed by atoms with Gasteiger partial charge in [0.05, 0.1) is 16.2 Å². The Hall–Kier alpha value is -3.88. The highest BCUT2D eigenvalue weighted by Crippen LogP contribution is 2.38. The average molecular weight is 641 g/mol. The van der Waals surface area contributed by atoms with Gasteiger partial charge in [-0.1, -0.05) is 6.92 Å². The van der Waals surface area contributed by atoms with Gasteiger partial charge >= 0.3 is 12.4 Å². The van der Waals surface area contributed by atoms with Crippen LogP contribution in [0.4, 0.5) is 43.4 Å². The van der Waals surface area contributed by atoms with Gasteiger partial charge in [0, 0.05) is 75.9 Å². The second-order valence-electron chi connectivity index (χ2n) is 11.8. The first-order chi connectivity index (χ1) is 21.2. The van der Waals surface area contributed by atoms with Crippen LogP contribution in [-0.2, 0) is 23.6 Å². The summed E-state index contributed by atoms with van der Waals surface area (Å²) in [5.74, 6) is 0.620. The van der Waals surface area contributed by atoms with E-state index in [2.05, 4.69) is 20.1 Å². The molecule has 1 amide bonds. The number of nitro benzene ring substituents is 1. The number of amides is 1. The minimum atomic E-state index is -4.86. The van der Waals surface area contributed by atoms with Crippen LogP contribution in [0.25, 0.3) is 0 Å². The Kier molecular flexibility index (Phi) is 9.28. The Morgan fingerprint density at radius 1 is 0.978 bits per heavy atom. The molecule has 5 rings (SSSR count). The zero-order valence-electron chi connectivity index (χ0n) is 24.6. The van der Waals surface area contributed by atoms with Crippen LogP contribution >= 0.6 is 0 Å². The number of fused-ring (bicyclic) bond motifs is 1. The van der Waals surface area contributed by atoms with Crippen molar-refractivity contribution in [3.05, 3.63) is 63.2 Å². The van der Waals surface area contributed by atoms with Crippen LogP contribution in [0.15, 0.2) is 41.4 Å². The third-order valence-electron chi connectivity index (χ3n) is 8.64. The number of alkyl halides is 6. The lowest BCUT2D eigenvalue weighted by Gasteiger charge is -2.39. The number of halogens is 6. The number of rotatable bonds is 6. The second-order valence-corrected chi connectivity index (χ2v) is 11.8. The lowest BCUT2D eigenvalue weighted by Crippen LogP contribution is -2.52. The molecule has 2 fully saturated rings. The van der Waals surface area contributed by atoms with Crippen molar-refractivity contribution in [1.29, 1.82) is 0 Å². The fourth-order valence-corrected chi connectivity index (χ4v) is 6.20. The molecule has 2 saturated heterocycles. The average Bonchev–Trinajstić information content (AvgIpc) is 3.00. The van der Waals surface area contributed by atoms with Crippen molar-refractivity contribution in [3.63, 3.8) is 0 Å². The van der Waals surface area contributed by atoms with Crippen LogP contribution in [0, 0.1) is 16.0 Å². The number of aryl methyl sites for hydroxylation is 1. The first-order valence-electron chi connectivity index (χ1n) is 14.8. The van der Waals surface area contributed by atoms with Gasteiger partial charge in [-0.05, 0) is 55.2 Å². The maximum Gasteiger partial charge on any atom is 0.423 e. The van der Waals surface area contributed by atoms with Crippen molar-refractivity contribution in [1.82, 2.24) is 14.7 Å². The molecule has 0 aromatic heterocycles. The molecule has 1 unspecified atom stereocenters. The summed E-state index contributed by atoms with van der Waals surface area (Å²) >= 11 is 0. The van der Waals surface area contributed by atoms with Gasteiger partial charge in [0.1, 0.15) is 11.4 Å². The molecule has 2 aromatic carbocycles. The van der Waals surface area contributed by atoms with Crippen LogP contribution in [0.3, 0.4) is 0 Å². The van der Waals surface area contributed by atoms with E-state index in [0.29, 0.717) is 69.7 Å². The summed E-state index contributed by atoms with van der Waals surface area (Å²) in [5, 5.41) is 14.0. The van der Waals surface area contributed by atoms with E-state index in [1.54, 1.807) is 4.90 Å². The van der Waals surface area contributed by atoms with Gasteiger partial charge in [-0.25, -0.2) is 4.99 Å². The zero-order chi connectivity index (χ0) is 32.5. The smallest absolute Gasteiger partial charge is 0.382 e. The molecule has 0 radical (unpaired) electrons. The van der Waals surface area contributed by atoms with Crippen LogP contribution in [0.5, 0.6) is 0 Å². The van der Waals surface area contributed by atoms with Crippen molar-refractivity contribution in [3.8, 4) is 0 Å². The lowest BCUT2D eigenvalue weighted by atomic mass is 10.0. The van der Waals surface area contributed by atoms with Gasteiger partial charge in [-0.2, -0.15) is 26.3 Å². The number of nitro groups is 1. The number of benzene rings is 2.